The summed E-state index contributed by atoms with van der Waals surface area (Å²) in [5.41, 5.74) is 1.01. The molecule has 0 bridgehead atoms. The standard InChI is InChI=1S/C13H19NO4/c1-14(7-12-13(16)11(15)8-18-12)9-3-5-10(17-2)6-4-9/h3-6,11-13,15-16H,7-8H2,1-2H3. The molecule has 0 saturated carbocycles. The van der Waals surface area contributed by atoms with Gasteiger partial charge in [-0.1, -0.05) is 0 Å². The predicted octanol–water partition coefficient (Wildman–Crippen LogP) is 0.252. The number of nitrogens with zero attached hydrogens (tertiary/aromatic N) is 1. The van der Waals surface area contributed by atoms with Crippen molar-refractivity contribution in [1.29, 1.82) is 0 Å². The third-order valence-electron chi connectivity index (χ3n) is 3.22. The van der Waals surface area contributed by atoms with Gasteiger partial charge >= 0.3 is 0 Å². The van der Waals surface area contributed by atoms with E-state index in [1.807, 2.05) is 36.2 Å². The second kappa shape index (κ2) is 5.56. The maximum absolute atomic E-state index is 9.71. The molecule has 1 saturated heterocycles. The zero-order valence-electron chi connectivity index (χ0n) is 10.6. The topological polar surface area (TPSA) is 62.2 Å². The quantitative estimate of drug-likeness (QED) is 0.805. The molecule has 18 heavy (non-hydrogen) atoms. The number of likely N-dealkylation sites (N-methyl/N-ethyl adjacent to an activating group) is 1. The van der Waals surface area contributed by atoms with E-state index in [1.54, 1.807) is 7.11 Å². The lowest BCUT2D eigenvalue weighted by molar-refractivity contribution is 0.0271. The fraction of sp³-hybridized carbons (Fsp3) is 0.538. The van der Waals surface area contributed by atoms with Gasteiger partial charge in [0, 0.05) is 19.3 Å². The minimum atomic E-state index is -0.814. The van der Waals surface area contributed by atoms with E-state index in [4.69, 9.17) is 9.47 Å². The van der Waals surface area contributed by atoms with Crippen molar-refractivity contribution in [2.45, 2.75) is 18.3 Å². The molecule has 1 aromatic carbocycles. The van der Waals surface area contributed by atoms with Gasteiger partial charge in [-0.25, -0.2) is 0 Å². The molecule has 1 aromatic rings. The Labute approximate surface area is 107 Å². The third kappa shape index (κ3) is 2.75. The molecule has 1 heterocycles. The molecular formula is C13H19NO4. The molecule has 3 unspecified atom stereocenters. The number of hydrogen-bond donors (Lipinski definition) is 2. The van der Waals surface area contributed by atoms with Gasteiger partial charge in [0.1, 0.15) is 24.1 Å². The van der Waals surface area contributed by atoms with Crippen molar-refractivity contribution in [2.75, 3.05) is 32.2 Å². The molecule has 2 N–H and O–H groups in total. The number of hydrogen-bond acceptors (Lipinski definition) is 5. The molecule has 0 spiro atoms. The van der Waals surface area contributed by atoms with Gasteiger partial charge in [0.25, 0.3) is 0 Å². The van der Waals surface area contributed by atoms with Crippen LogP contribution in [0.25, 0.3) is 0 Å². The molecule has 1 aliphatic heterocycles. The van der Waals surface area contributed by atoms with Crippen molar-refractivity contribution in [1.82, 2.24) is 0 Å². The number of benzene rings is 1. The lowest BCUT2D eigenvalue weighted by Crippen LogP contribution is -2.38. The number of aliphatic hydroxyl groups is 2. The Morgan fingerprint density at radius 2 is 2.00 bits per heavy atom. The van der Waals surface area contributed by atoms with Gasteiger partial charge in [-0.05, 0) is 24.3 Å². The zero-order valence-corrected chi connectivity index (χ0v) is 10.6. The van der Waals surface area contributed by atoms with Crippen molar-refractivity contribution >= 4 is 5.69 Å². The van der Waals surface area contributed by atoms with Gasteiger partial charge in [-0.2, -0.15) is 0 Å². The summed E-state index contributed by atoms with van der Waals surface area (Å²) in [4.78, 5) is 1.98. The SMILES string of the molecule is COc1ccc(N(C)CC2OCC(O)C2O)cc1. The molecule has 0 aliphatic carbocycles. The summed E-state index contributed by atoms with van der Waals surface area (Å²) in [7, 11) is 3.55. The smallest absolute Gasteiger partial charge is 0.119 e. The third-order valence-corrected chi connectivity index (χ3v) is 3.22. The van der Waals surface area contributed by atoms with Crippen LogP contribution >= 0.6 is 0 Å². The Hall–Kier alpha value is -1.30. The largest absolute Gasteiger partial charge is 0.497 e. The van der Waals surface area contributed by atoms with Crippen LogP contribution in [0.15, 0.2) is 24.3 Å². The van der Waals surface area contributed by atoms with Gasteiger partial charge in [-0.3, -0.25) is 0 Å². The molecule has 1 aliphatic rings. The monoisotopic (exact) mass is 253 g/mol. The highest BCUT2D eigenvalue weighted by Crippen LogP contribution is 2.21. The van der Waals surface area contributed by atoms with Crippen LogP contribution < -0.4 is 9.64 Å². The van der Waals surface area contributed by atoms with Crippen molar-refractivity contribution in [2.24, 2.45) is 0 Å². The number of methoxy groups -OCH3 is 1. The van der Waals surface area contributed by atoms with E-state index < -0.39 is 12.2 Å². The van der Waals surface area contributed by atoms with Crippen LogP contribution in [-0.4, -0.2) is 55.8 Å². The average Bonchev–Trinajstić information content (AvgIpc) is 2.71. The van der Waals surface area contributed by atoms with Crippen molar-refractivity contribution in [3.8, 4) is 5.75 Å². The molecule has 1 fully saturated rings. The minimum absolute atomic E-state index is 0.197. The van der Waals surface area contributed by atoms with E-state index >= 15 is 0 Å². The van der Waals surface area contributed by atoms with Gasteiger partial charge in [0.2, 0.25) is 0 Å². The van der Waals surface area contributed by atoms with E-state index in [0.717, 1.165) is 11.4 Å². The normalized spacial score (nSPS) is 27.2. The maximum Gasteiger partial charge on any atom is 0.119 e. The Balaban J connectivity index is 1.96. The molecule has 0 radical (unpaired) electrons. The summed E-state index contributed by atoms with van der Waals surface area (Å²) in [5.74, 6) is 0.805. The first-order valence-corrected chi connectivity index (χ1v) is 5.94. The van der Waals surface area contributed by atoms with Crippen LogP contribution in [-0.2, 0) is 4.74 Å². The second-order valence-electron chi connectivity index (χ2n) is 4.51. The van der Waals surface area contributed by atoms with E-state index in [1.165, 1.54) is 0 Å². The van der Waals surface area contributed by atoms with Crippen molar-refractivity contribution in [3.63, 3.8) is 0 Å². The van der Waals surface area contributed by atoms with E-state index in [2.05, 4.69) is 0 Å². The number of anilines is 1. The Bertz CT molecular complexity index is 381. The highest BCUT2D eigenvalue weighted by molar-refractivity contribution is 5.48. The van der Waals surface area contributed by atoms with Gasteiger partial charge in [0.05, 0.1) is 13.7 Å². The van der Waals surface area contributed by atoms with E-state index in [0.29, 0.717) is 6.54 Å². The molecule has 100 valence electrons. The van der Waals surface area contributed by atoms with Gasteiger partial charge < -0.3 is 24.6 Å². The molecular weight excluding hydrogens is 234 g/mol. The zero-order chi connectivity index (χ0) is 13.1. The highest BCUT2D eigenvalue weighted by atomic mass is 16.5. The average molecular weight is 253 g/mol. The molecule has 5 heteroatoms. The van der Waals surface area contributed by atoms with Crippen LogP contribution in [0, 0.1) is 0 Å². The van der Waals surface area contributed by atoms with Crippen LogP contribution in [0.3, 0.4) is 0 Å². The van der Waals surface area contributed by atoms with Crippen molar-refractivity contribution < 1.29 is 19.7 Å². The maximum atomic E-state index is 9.71. The van der Waals surface area contributed by atoms with Crippen LogP contribution in [0.1, 0.15) is 0 Å². The summed E-state index contributed by atoms with van der Waals surface area (Å²) in [6, 6.07) is 7.65. The van der Waals surface area contributed by atoms with Gasteiger partial charge in [0.15, 0.2) is 0 Å². The Morgan fingerprint density at radius 3 is 2.50 bits per heavy atom. The summed E-state index contributed by atoms with van der Waals surface area (Å²) < 4.78 is 10.4. The van der Waals surface area contributed by atoms with E-state index in [9.17, 15) is 10.2 Å². The lowest BCUT2D eigenvalue weighted by Gasteiger charge is -2.24. The van der Waals surface area contributed by atoms with Crippen LogP contribution in [0.2, 0.25) is 0 Å². The minimum Gasteiger partial charge on any atom is -0.497 e. The summed E-state index contributed by atoms with van der Waals surface area (Å²) >= 11 is 0. The lowest BCUT2D eigenvalue weighted by atomic mass is 10.1. The summed E-state index contributed by atoms with van der Waals surface area (Å²) in [5, 5.41) is 19.1. The summed E-state index contributed by atoms with van der Waals surface area (Å²) in [6.45, 7) is 0.729. The second-order valence-corrected chi connectivity index (χ2v) is 4.51. The number of ether oxygens (including phenoxy) is 2. The molecule has 2 rings (SSSR count). The van der Waals surface area contributed by atoms with E-state index in [-0.39, 0.29) is 12.7 Å². The molecule has 5 nitrogen and oxygen atoms in total. The van der Waals surface area contributed by atoms with Gasteiger partial charge in [-0.15, -0.1) is 0 Å². The molecule has 0 amide bonds. The molecule has 0 aromatic heterocycles. The first kappa shape index (κ1) is 13.1. The first-order valence-electron chi connectivity index (χ1n) is 5.94. The summed E-state index contributed by atoms with van der Waals surface area (Å²) in [6.07, 6.45) is -1.95. The molecule has 3 atom stereocenters. The first-order chi connectivity index (χ1) is 8.61. The fourth-order valence-corrected chi connectivity index (χ4v) is 2.04. The van der Waals surface area contributed by atoms with Crippen LogP contribution in [0.4, 0.5) is 5.69 Å². The Kier molecular flexibility index (Phi) is 4.06. The van der Waals surface area contributed by atoms with Crippen molar-refractivity contribution in [3.05, 3.63) is 24.3 Å². The number of aliphatic hydroxyl groups excluding tert-OH is 2. The Morgan fingerprint density at radius 1 is 1.33 bits per heavy atom. The van der Waals surface area contributed by atoms with Crippen LogP contribution in [0.5, 0.6) is 5.75 Å². The highest BCUT2D eigenvalue weighted by Gasteiger charge is 2.35. The number of rotatable bonds is 4. The fourth-order valence-electron chi connectivity index (χ4n) is 2.04. The predicted molar refractivity (Wildman–Crippen MR) is 68.0 cm³/mol.